The number of ether oxygens (including phenoxy) is 6. The lowest BCUT2D eigenvalue weighted by Gasteiger charge is -2.43. The first-order valence-corrected chi connectivity index (χ1v) is 20.9. The summed E-state index contributed by atoms with van der Waals surface area (Å²) >= 11 is 6.42. The van der Waals surface area contributed by atoms with Crippen molar-refractivity contribution in [2.45, 2.75) is 123 Å². The second kappa shape index (κ2) is 19.9. The quantitative estimate of drug-likeness (QED) is 0.217. The molecule has 4 aliphatic rings. The maximum Gasteiger partial charge on any atom is 0.317 e. The van der Waals surface area contributed by atoms with Gasteiger partial charge in [0.2, 0.25) is 0 Å². The molecule has 4 aliphatic heterocycles. The monoisotopic (exact) mass is 886 g/mol. The van der Waals surface area contributed by atoms with E-state index >= 15 is 0 Å². The number of hydrogen-bond donors (Lipinski definition) is 0. The van der Waals surface area contributed by atoms with Gasteiger partial charge in [0.05, 0.1) is 31.8 Å². The van der Waals surface area contributed by atoms with Crippen molar-refractivity contribution in [1.82, 2.24) is 0 Å². The zero-order chi connectivity index (χ0) is 39.6. The van der Waals surface area contributed by atoms with E-state index in [9.17, 15) is 18.4 Å². The van der Waals surface area contributed by atoms with E-state index in [1.165, 1.54) is 30.7 Å². The molecule has 2 aromatic rings. The Morgan fingerprint density at radius 2 is 1.15 bits per heavy atom. The van der Waals surface area contributed by atoms with Crippen LogP contribution in [0.4, 0.5) is 8.78 Å². The van der Waals surface area contributed by atoms with Crippen LogP contribution < -0.4 is 0 Å². The lowest BCUT2D eigenvalue weighted by Crippen LogP contribution is -2.38. The average Bonchev–Trinajstić information content (AvgIpc) is 3.09. The molecule has 4 fully saturated rings. The lowest BCUT2D eigenvalue weighted by molar-refractivity contribution is -0.154. The highest BCUT2D eigenvalue weighted by atomic mass is 79.9. The van der Waals surface area contributed by atoms with Crippen molar-refractivity contribution in [3.8, 4) is 0 Å². The number of carbonyl (C=O) groups is 2. The summed E-state index contributed by atoms with van der Waals surface area (Å²) < 4.78 is 61.2. The molecule has 54 heavy (non-hydrogen) atoms. The van der Waals surface area contributed by atoms with Gasteiger partial charge in [-0.15, -0.1) is 0 Å². The Labute approximate surface area is 336 Å². The molecule has 302 valence electrons. The topological polar surface area (TPSA) is 89.5 Å². The molecule has 2 aromatic carbocycles. The van der Waals surface area contributed by atoms with Gasteiger partial charge in [-0.2, -0.15) is 0 Å². The third-order valence-electron chi connectivity index (χ3n) is 10.2. The minimum Gasteiger partial charge on any atom is -0.460 e. The van der Waals surface area contributed by atoms with Crippen molar-refractivity contribution in [2.24, 2.45) is 10.8 Å². The number of esters is 2. The van der Waals surface area contributed by atoms with E-state index in [1.54, 1.807) is 6.07 Å². The Morgan fingerprint density at radius 1 is 0.704 bits per heavy atom. The summed E-state index contributed by atoms with van der Waals surface area (Å²) in [7, 11) is 0. The van der Waals surface area contributed by atoms with Gasteiger partial charge in [0, 0.05) is 30.9 Å². The zero-order valence-corrected chi connectivity index (χ0v) is 35.9. The summed E-state index contributed by atoms with van der Waals surface area (Å²) in [5.41, 5.74) is 2.25. The number of halogens is 4. The summed E-state index contributed by atoms with van der Waals surface area (Å²) in [6, 6.07) is 9.46. The number of alkyl halides is 1. The summed E-state index contributed by atoms with van der Waals surface area (Å²) in [5, 5.41) is 0.268. The standard InChI is InChI=1S/C21H29FO4.C15H18BrFO2.C6H11BrO2/c1-20(2,3)26-19(23)13-15-12-16(22)4-5-17(15)18-6-7-21(14-25-18)8-10-24-11-9-21;16-13-9-11(17)1-2-12(13)14-3-4-15(10-19-14)5-7-18-8-6-15;1-6(2,3)9-5(8)4-7/h4-5,12,18H,6-11,13-14H2,1-3H3;1-2,9,14H,3-8,10H2;4H2,1-3H3. The molecule has 0 bridgehead atoms. The predicted octanol–water partition coefficient (Wildman–Crippen LogP) is 10.3. The van der Waals surface area contributed by atoms with Crippen LogP contribution >= 0.6 is 31.9 Å². The molecule has 4 saturated heterocycles. The number of benzene rings is 2. The Balaban J connectivity index is 0.000000203. The minimum atomic E-state index is -0.554. The molecule has 0 amide bonds. The van der Waals surface area contributed by atoms with Gasteiger partial charge in [-0.25, -0.2) is 8.78 Å². The van der Waals surface area contributed by atoms with E-state index in [1.807, 2.05) is 47.6 Å². The molecule has 6 rings (SSSR count). The van der Waals surface area contributed by atoms with Crippen LogP contribution in [-0.2, 0) is 44.4 Å². The van der Waals surface area contributed by atoms with Crippen molar-refractivity contribution in [1.29, 1.82) is 0 Å². The summed E-state index contributed by atoms with van der Waals surface area (Å²) in [4.78, 5) is 22.8. The molecular formula is C42H58Br2F2O8. The molecule has 0 aromatic heterocycles. The highest BCUT2D eigenvalue weighted by Gasteiger charge is 2.39. The van der Waals surface area contributed by atoms with Gasteiger partial charge >= 0.3 is 11.9 Å². The maximum atomic E-state index is 13.8. The van der Waals surface area contributed by atoms with Crippen LogP contribution in [0.5, 0.6) is 0 Å². The van der Waals surface area contributed by atoms with Crippen LogP contribution in [-0.4, -0.2) is 68.1 Å². The molecule has 2 unspecified atom stereocenters. The van der Waals surface area contributed by atoms with Crippen LogP contribution in [0.15, 0.2) is 40.9 Å². The molecule has 0 aliphatic carbocycles. The van der Waals surface area contributed by atoms with Gasteiger partial charge in [0.25, 0.3) is 0 Å². The molecule has 12 heteroatoms. The second-order valence-corrected chi connectivity index (χ2v) is 18.3. The minimum absolute atomic E-state index is 0.0587. The fourth-order valence-electron chi connectivity index (χ4n) is 7.33. The van der Waals surface area contributed by atoms with E-state index in [0.717, 1.165) is 93.6 Å². The van der Waals surface area contributed by atoms with Crippen molar-refractivity contribution in [3.05, 3.63) is 69.2 Å². The molecule has 4 heterocycles. The van der Waals surface area contributed by atoms with Crippen LogP contribution in [0.3, 0.4) is 0 Å². The first-order chi connectivity index (χ1) is 25.4. The van der Waals surface area contributed by atoms with Gasteiger partial charge in [-0.05, 0) is 145 Å². The SMILES string of the molecule is CC(C)(C)OC(=O)CBr.CC(C)(C)OC(=O)Cc1cc(F)ccc1C1CCC2(CCOCC2)CO1.Fc1ccc(C2CCC3(CCOCC3)CO2)c(Br)c1. The van der Waals surface area contributed by atoms with Gasteiger partial charge in [0.15, 0.2) is 0 Å². The van der Waals surface area contributed by atoms with Crippen molar-refractivity contribution in [3.63, 3.8) is 0 Å². The van der Waals surface area contributed by atoms with Gasteiger partial charge in [0.1, 0.15) is 28.2 Å². The van der Waals surface area contributed by atoms with E-state index in [0.29, 0.717) is 17.6 Å². The molecule has 2 spiro atoms. The molecule has 2 atom stereocenters. The first-order valence-electron chi connectivity index (χ1n) is 19.0. The number of carbonyl (C=O) groups excluding carboxylic acids is 2. The summed E-state index contributed by atoms with van der Waals surface area (Å²) in [6.07, 6.45) is 8.45. The van der Waals surface area contributed by atoms with E-state index in [4.69, 9.17) is 28.4 Å². The lowest BCUT2D eigenvalue weighted by atomic mass is 9.74. The zero-order valence-electron chi connectivity index (χ0n) is 32.7. The van der Waals surface area contributed by atoms with Crippen molar-refractivity contribution in [2.75, 3.05) is 45.0 Å². The van der Waals surface area contributed by atoms with Crippen molar-refractivity contribution >= 4 is 43.8 Å². The Kier molecular flexibility index (Phi) is 16.5. The van der Waals surface area contributed by atoms with E-state index < -0.39 is 5.60 Å². The Bertz CT molecular complexity index is 1510. The largest absolute Gasteiger partial charge is 0.460 e. The third-order valence-corrected chi connectivity index (χ3v) is 11.4. The smallest absolute Gasteiger partial charge is 0.317 e. The Hall–Kier alpha value is -1.96. The van der Waals surface area contributed by atoms with Crippen LogP contribution in [0.1, 0.15) is 122 Å². The second-order valence-electron chi connectivity index (χ2n) is 16.9. The molecule has 8 nitrogen and oxygen atoms in total. The molecule has 0 saturated carbocycles. The average molecular weight is 889 g/mol. The highest BCUT2D eigenvalue weighted by Crippen LogP contribution is 2.46. The van der Waals surface area contributed by atoms with Crippen LogP contribution in [0.25, 0.3) is 0 Å². The molecular weight excluding hydrogens is 830 g/mol. The van der Waals surface area contributed by atoms with Crippen LogP contribution in [0, 0.1) is 22.5 Å². The fourth-order valence-corrected chi connectivity index (χ4v) is 8.06. The fraction of sp³-hybridized carbons (Fsp3) is 0.667. The summed E-state index contributed by atoms with van der Waals surface area (Å²) in [5.74, 6) is -1.13. The highest BCUT2D eigenvalue weighted by molar-refractivity contribution is 9.10. The van der Waals surface area contributed by atoms with Crippen molar-refractivity contribution < 1.29 is 46.8 Å². The van der Waals surface area contributed by atoms with Gasteiger partial charge in [-0.3, -0.25) is 9.59 Å². The van der Waals surface area contributed by atoms with Gasteiger partial charge in [-0.1, -0.05) is 44.0 Å². The third kappa shape index (κ3) is 14.2. The van der Waals surface area contributed by atoms with Crippen LogP contribution in [0.2, 0.25) is 0 Å². The maximum absolute atomic E-state index is 13.8. The predicted molar refractivity (Wildman–Crippen MR) is 211 cm³/mol. The van der Waals surface area contributed by atoms with E-state index in [2.05, 4.69) is 31.9 Å². The summed E-state index contributed by atoms with van der Waals surface area (Å²) in [6.45, 7) is 15.8. The number of rotatable bonds is 5. The normalized spacial score (nSPS) is 22.3. The number of hydrogen-bond acceptors (Lipinski definition) is 8. The van der Waals surface area contributed by atoms with E-state index in [-0.39, 0.29) is 58.5 Å². The molecule has 0 N–H and O–H groups in total. The Morgan fingerprint density at radius 3 is 1.56 bits per heavy atom. The molecule has 0 radical (unpaired) electrons. The first kappa shape index (κ1) is 44.8. The van der Waals surface area contributed by atoms with Gasteiger partial charge < -0.3 is 28.4 Å².